The molecule has 5 heteroatoms. The number of hydrogen-bond acceptors (Lipinski definition) is 2. The van der Waals surface area contributed by atoms with Crippen LogP contribution in [0.15, 0.2) is 18.2 Å². The predicted molar refractivity (Wildman–Crippen MR) is 79.9 cm³/mol. The minimum Gasteiger partial charge on any atom is -0.336 e. The lowest BCUT2D eigenvalue weighted by Gasteiger charge is -2.26. The number of carbonyl (C=O) groups is 1. The van der Waals surface area contributed by atoms with Gasteiger partial charge in [-0.3, -0.25) is 4.79 Å². The highest BCUT2D eigenvalue weighted by Gasteiger charge is 2.26. The van der Waals surface area contributed by atoms with Gasteiger partial charge in [-0.2, -0.15) is 5.26 Å². The van der Waals surface area contributed by atoms with Gasteiger partial charge in [-0.25, -0.2) is 0 Å². The van der Waals surface area contributed by atoms with E-state index < -0.39 is 6.04 Å². The predicted octanol–water partition coefficient (Wildman–Crippen LogP) is 4.20. The van der Waals surface area contributed by atoms with Crippen LogP contribution in [0.1, 0.15) is 42.5 Å². The molecule has 0 bridgehead atoms. The van der Waals surface area contributed by atoms with Crippen LogP contribution in [0.2, 0.25) is 10.0 Å². The Morgan fingerprint density at radius 3 is 2.40 bits per heavy atom. The zero-order valence-electron chi connectivity index (χ0n) is 11.0. The van der Waals surface area contributed by atoms with E-state index in [0.29, 0.717) is 10.0 Å². The summed E-state index contributed by atoms with van der Waals surface area (Å²) < 4.78 is 0. The fourth-order valence-corrected chi connectivity index (χ4v) is 3.22. The minimum absolute atomic E-state index is 0.221. The second kappa shape index (κ2) is 6.97. The highest BCUT2D eigenvalue weighted by atomic mass is 35.5. The van der Waals surface area contributed by atoms with Gasteiger partial charge in [0.2, 0.25) is 0 Å². The first-order valence-corrected chi connectivity index (χ1v) is 7.53. The first-order valence-electron chi connectivity index (χ1n) is 6.78. The minimum atomic E-state index is -0.477. The molecule has 1 aromatic carbocycles. The maximum Gasteiger partial charge on any atom is 0.255 e. The van der Waals surface area contributed by atoms with Crippen molar-refractivity contribution in [3.8, 4) is 6.07 Å². The Morgan fingerprint density at radius 2 is 1.85 bits per heavy atom. The molecule has 1 unspecified atom stereocenters. The van der Waals surface area contributed by atoms with Crippen LogP contribution in [-0.4, -0.2) is 11.9 Å². The standard InChI is InChI=1S/C15H16Cl2N2O/c16-11-7-4-8-12(17)14(11)15(20)19-13(9-18)10-5-2-1-3-6-10/h4,7-8,10,13H,1-3,5-6H2,(H,19,20). The third kappa shape index (κ3) is 3.45. The van der Waals surface area contributed by atoms with Crippen molar-refractivity contribution >= 4 is 29.1 Å². The summed E-state index contributed by atoms with van der Waals surface area (Å²) in [6.07, 6.45) is 5.40. The number of nitriles is 1. The lowest BCUT2D eigenvalue weighted by Crippen LogP contribution is -2.40. The van der Waals surface area contributed by atoms with Crippen LogP contribution in [-0.2, 0) is 0 Å². The van der Waals surface area contributed by atoms with Crippen molar-refractivity contribution in [2.24, 2.45) is 5.92 Å². The highest BCUT2D eigenvalue weighted by Crippen LogP contribution is 2.28. The molecule has 1 aliphatic carbocycles. The molecule has 2 rings (SSSR count). The van der Waals surface area contributed by atoms with Crippen LogP contribution in [0.4, 0.5) is 0 Å². The van der Waals surface area contributed by atoms with Gasteiger partial charge in [0.15, 0.2) is 0 Å². The number of amides is 1. The molecular formula is C15H16Cl2N2O. The molecule has 1 fully saturated rings. The Morgan fingerprint density at radius 1 is 1.25 bits per heavy atom. The van der Waals surface area contributed by atoms with Crippen molar-refractivity contribution in [3.63, 3.8) is 0 Å². The number of halogens is 2. The molecule has 1 aromatic rings. The third-order valence-electron chi connectivity index (χ3n) is 3.74. The Kier molecular flexibility index (Phi) is 5.28. The smallest absolute Gasteiger partial charge is 0.255 e. The summed E-state index contributed by atoms with van der Waals surface area (Å²) >= 11 is 12.0. The van der Waals surface area contributed by atoms with E-state index in [-0.39, 0.29) is 17.4 Å². The molecule has 1 amide bonds. The molecule has 0 aliphatic heterocycles. The molecule has 1 N–H and O–H groups in total. The van der Waals surface area contributed by atoms with Gasteiger partial charge >= 0.3 is 0 Å². The van der Waals surface area contributed by atoms with Crippen LogP contribution < -0.4 is 5.32 Å². The Hall–Kier alpha value is -1.24. The number of rotatable bonds is 3. The van der Waals surface area contributed by atoms with Crippen molar-refractivity contribution in [1.29, 1.82) is 5.26 Å². The highest BCUT2D eigenvalue weighted by molar-refractivity contribution is 6.39. The topological polar surface area (TPSA) is 52.9 Å². The molecule has 1 saturated carbocycles. The first kappa shape index (κ1) is 15.2. The van der Waals surface area contributed by atoms with Gasteiger partial charge in [-0.05, 0) is 30.9 Å². The van der Waals surface area contributed by atoms with E-state index in [0.717, 1.165) is 25.7 Å². The van der Waals surface area contributed by atoms with Gasteiger partial charge in [0.25, 0.3) is 5.91 Å². The fourth-order valence-electron chi connectivity index (χ4n) is 2.65. The molecule has 0 heterocycles. The lowest BCUT2D eigenvalue weighted by molar-refractivity contribution is 0.0929. The average molecular weight is 311 g/mol. The Balaban J connectivity index is 2.11. The van der Waals surface area contributed by atoms with Crippen LogP contribution >= 0.6 is 23.2 Å². The summed E-state index contributed by atoms with van der Waals surface area (Å²) in [7, 11) is 0. The van der Waals surface area contributed by atoms with Gasteiger partial charge in [0, 0.05) is 0 Å². The van der Waals surface area contributed by atoms with E-state index in [9.17, 15) is 10.1 Å². The van der Waals surface area contributed by atoms with Gasteiger partial charge < -0.3 is 5.32 Å². The normalized spacial score (nSPS) is 17.2. The van der Waals surface area contributed by atoms with E-state index >= 15 is 0 Å². The summed E-state index contributed by atoms with van der Waals surface area (Å²) in [5, 5.41) is 12.6. The van der Waals surface area contributed by atoms with E-state index in [4.69, 9.17) is 23.2 Å². The van der Waals surface area contributed by atoms with Crippen molar-refractivity contribution in [2.45, 2.75) is 38.1 Å². The number of benzene rings is 1. The lowest BCUT2D eigenvalue weighted by atomic mass is 9.84. The Labute approximate surface area is 128 Å². The van der Waals surface area contributed by atoms with Gasteiger partial charge in [0.1, 0.15) is 6.04 Å². The van der Waals surface area contributed by atoms with E-state index in [1.807, 2.05) is 0 Å². The number of carbonyl (C=O) groups excluding carboxylic acids is 1. The molecule has 20 heavy (non-hydrogen) atoms. The van der Waals surface area contributed by atoms with Crippen molar-refractivity contribution in [2.75, 3.05) is 0 Å². The fraction of sp³-hybridized carbons (Fsp3) is 0.467. The van der Waals surface area contributed by atoms with E-state index in [1.54, 1.807) is 18.2 Å². The van der Waals surface area contributed by atoms with Gasteiger partial charge in [-0.15, -0.1) is 0 Å². The molecule has 0 spiro atoms. The zero-order valence-corrected chi connectivity index (χ0v) is 12.5. The second-order valence-corrected chi connectivity index (χ2v) is 5.89. The zero-order chi connectivity index (χ0) is 14.5. The first-order chi connectivity index (χ1) is 9.63. The monoisotopic (exact) mass is 310 g/mol. The molecule has 1 atom stereocenters. The molecule has 0 saturated heterocycles. The Bertz CT molecular complexity index is 513. The maximum atomic E-state index is 12.3. The van der Waals surface area contributed by atoms with Gasteiger partial charge in [0.05, 0.1) is 21.7 Å². The van der Waals surface area contributed by atoms with Gasteiger partial charge in [-0.1, -0.05) is 48.5 Å². The second-order valence-electron chi connectivity index (χ2n) is 5.07. The van der Waals surface area contributed by atoms with Crippen molar-refractivity contribution in [1.82, 2.24) is 5.32 Å². The average Bonchev–Trinajstić information content (AvgIpc) is 2.45. The molecule has 0 radical (unpaired) electrons. The SMILES string of the molecule is N#CC(NC(=O)c1c(Cl)cccc1Cl)C1CCCCC1. The molecular weight excluding hydrogens is 295 g/mol. The van der Waals surface area contributed by atoms with Crippen LogP contribution in [0.5, 0.6) is 0 Å². The quantitative estimate of drug-likeness (QED) is 0.909. The molecule has 1 aliphatic rings. The summed E-state index contributed by atoms with van der Waals surface area (Å²) in [5.41, 5.74) is 0.242. The largest absolute Gasteiger partial charge is 0.336 e. The molecule has 0 aromatic heterocycles. The number of hydrogen-bond donors (Lipinski definition) is 1. The summed E-state index contributed by atoms with van der Waals surface area (Å²) in [4.78, 5) is 12.3. The summed E-state index contributed by atoms with van der Waals surface area (Å²) in [5.74, 6) is -0.156. The van der Waals surface area contributed by atoms with E-state index in [1.165, 1.54) is 6.42 Å². The van der Waals surface area contributed by atoms with Crippen molar-refractivity contribution < 1.29 is 4.79 Å². The molecule has 3 nitrogen and oxygen atoms in total. The third-order valence-corrected chi connectivity index (χ3v) is 4.37. The van der Waals surface area contributed by atoms with Crippen molar-refractivity contribution in [3.05, 3.63) is 33.8 Å². The molecule has 106 valence electrons. The summed E-state index contributed by atoms with van der Waals surface area (Å²) in [6.45, 7) is 0. The van der Waals surface area contributed by atoms with Crippen LogP contribution in [0.25, 0.3) is 0 Å². The number of nitrogens with one attached hydrogen (secondary N) is 1. The number of nitrogens with zero attached hydrogens (tertiary/aromatic N) is 1. The van der Waals surface area contributed by atoms with Crippen LogP contribution in [0.3, 0.4) is 0 Å². The van der Waals surface area contributed by atoms with Crippen LogP contribution in [0, 0.1) is 17.2 Å². The maximum absolute atomic E-state index is 12.3. The summed E-state index contributed by atoms with van der Waals surface area (Å²) in [6, 6.07) is 6.63. The van der Waals surface area contributed by atoms with E-state index in [2.05, 4.69) is 11.4 Å².